The molecule has 0 unspecified atom stereocenters. The summed E-state index contributed by atoms with van der Waals surface area (Å²) in [6, 6.07) is 15.5. The molecule has 0 radical (unpaired) electrons. The van der Waals surface area contributed by atoms with Crippen molar-refractivity contribution in [3.63, 3.8) is 0 Å². The largest absolute Gasteiger partial charge is 1.00 e. The van der Waals surface area contributed by atoms with Crippen LogP contribution in [0.15, 0.2) is 48.5 Å². The van der Waals surface area contributed by atoms with Gasteiger partial charge in [-0.2, -0.15) is 0 Å². The third-order valence-electron chi connectivity index (χ3n) is 2.34. The molecule has 80 valence electrons. The molecule has 2 aromatic carbocycles. The third kappa shape index (κ3) is 5.61. The molecule has 2 rings (SSSR count). The van der Waals surface area contributed by atoms with Crippen molar-refractivity contribution in [3.05, 3.63) is 59.7 Å². The summed E-state index contributed by atoms with van der Waals surface area (Å²) in [4.78, 5) is 0. The molecule has 4 heteroatoms. The third-order valence-corrected chi connectivity index (χ3v) is 2.34. The fourth-order valence-electron chi connectivity index (χ4n) is 1.41. The number of hydrogen-bond acceptors (Lipinski definition) is 2. The van der Waals surface area contributed by atoms with Crippen LogP contribution in [0.25, 0.3) is 12.2 Å². The minimum Gasteiger partial charge on any atom is -0.399 e. The molecule has 0 atom stereocenters. The van der Waals surface area contributed by atoms with Gasteiger partial charge in [-0.1, -0.05) is 36.4 Å². The summed E-state index contributed by atoms with van der Waals surface area (Å²) in [7, 11) is 0. The van der Waals surface area contributed by atoms with Crippen molar-refractivity contribution in [2.45, 2.75) is 0 Å². The quantitative estimate of drug-likeness (QED) is 0.342. The minimum atomic E-state index is 0. The van der Waals surface area contributed by atoms with Gasteiger partial charge >= 0.3 is 59.1 Å². The Balaban J connectivity index is 0.00000144. The second-order valence-corrected chi connectivity index (χ2v) is 3.67. The summed E-state index contributed by atoms with van der Waals surface area (Å²) in [5.74, 6) is 0. The predicted octanol–water partition coefficient (Wildman–Crippen LogP) is -2.97. The van der Waals surface area contributed by atoms with Gasteiger partial charge < -0.3 is 11.5 Å². The molecule has 0 fully saturated rings. The second-order valence-electron chi connectivity index (χ2n) is 3.67. The second kappa shape index (κ2) is 8.81. The summed E-state index contributed by atoms with van der Waals surface area (Å²) in [6.07, 6.45) is 4.09. The number of nitrogen functional groups attached to an aromatic ring is 2. The molecule has 0 amide bonds. The van der Waals surface area contributed by atoms with Crippen LogP contribution in [-0.2, 0) is 0 Å². The fourth-order valence-corrected chi connectivity index (χ4v) is 1.41. The fraction of sp³-hybridized carbons (Fsp3) is 0. The van der Waals surface area contributed by atoms with E-state index >= 15 is 0 Å². The van der Waals surface area contributed by atoms with E-state index in [9.17, 15) is 0 Å². The number of anilines is 2. The van der Waals surface area contributed by atoms with Crippen molar-refractivity contribution in [1.29, 1.82) is 0 Å². The molecule has 0 bridgehead atoms. The van der Waals surface area contributed by atoms with Gasteiger partial charge in [-0.15, -0.1) is 0 Å². The Kier molecular flexibility index (Phi) is 8.70. The van der Waals surface area contributed by atoms with Gasteiger partial charge in [-0.25, -0.2) is 0 Å². The van der Waals surface area contributed by atoms with Gasteiger partial charge in [0.05, 0.1) is 0 Å². The molecule has 0 spiro atoms. The summed E-state index contributed by atoms with van der Waals surface area (Å²) < 4.78 is 0. The number of benzene rings is 2. The average Bonchev–Trinajstić information content (AvgIpc) is 2.30. The van der Waals surface area contributed by atoms with E-state index in [2.05, 4.69) is 0 Å². The molecule has 0 heterocycles. The topological polar surface area (TPSA) is 52.0 Å². The van der Waals surface area contributed by atoms with E-state index in [1.165, 1.54) is 0 Å². The van der Waals surface area contributed by atoms with Crippen molar-refractivity contribution in [3.8, 4) is 0 Å². The molecule has 18 heavy (non-hydrogen) atoms. The molecule has 0 saturated heterocycles. The monoisotopic (exact) mass is 256 g/mol. The first kappa shape index (κ1) is 17.8. The Morgan fingerprint density at radius 1 is 0.556 bits per heavy atom. The molecule has 0 aliphatic rings. The Bertz CT molecular complexity index is 443. The van der Waals surface area contributed by atoms with Crippen LogP contribution in [0.1, 0.15) is 11.1 Å². The van der Waals surface area contributed by atoms with E-state index in [1.807, 2.05) is 60.7 Å². The Morgan fingerprint density at radius 2 is 0.833 bits per heavy atom. The molecule has 4 N–H and O–H groups in total. The first-order valence-electron chi connectivity index (χ1n) is 5.13. The Hall–Kier alpha value is -0.220. The van der Waals surface area contributed by atoms with Crippen molar-refractivity contribution >= 4 is 23.5 Å². The molecule has 0 aromatic heterocycles. The summed E-state index contributed by atoms with van der Waals surface area (Å²) in [5.41, 5.74) is 15.1. The van der Waals surface area contributed by atoms with Crippen molar-refractivity contribution in [2.24, 2.45) is 0 Å². The first-order valence-corrected chi connectivity index (χ1v) is 5.13. The van der Waals surface area contributed by atoms with Crippen LogP contribution >= 0.6 is 0 Å². The van der Waals surface area contributed by atoms with E-state index in [-0.39, 0.29) is 59.1 Å². The van der Waals surface area contributed by atoms with Crippen LogP contribution in [0.5, 0.6) is 0 Å². The SMILES string of the molecule is Nc1ccc(/C=C/c2ccc(N)cc2)cc1.[Na+].[Na+]. The van der Waals surface area contributed by atoms with E-state index in [4.69, 9.17) is 11.5 Å². The van der Waals surface area contributed by atoms with Crippen LogP contribution in [-0.4, -0.2) is 0 Å². The standard InChI is InChI=1S/C14H14N2.2Na/c15-13-7-3-11(4-8-13)1-2-12-5-9-14(16)10-6-12;;/h1-10H,15-16H2;;/q;2*+1/b2-1+;;. The maximum Gasteiger partial charge on any atom is 1.00 e. The molecule has 0 aliphatic heterocycles. The summed E-state index contributed by atoms with van der Waals surface area (Å²) in [6.45, 7) is 0. The van der Waals surface area contributed by atoms with Gasteiger partial charge in [0.2, 0.25) is 0 Å². The van der Waals surface area contributed by atoms with Gasteiger partial charge in [0.15, 0.2) is 0 Å². The Morgan fingerprint density at radius 3 is 1.11 bits per heavy atom. The molecule has 2 nitrogen and oxygen atoms in total. The van der Waals surface area contributed by atoms with Gasteiger partial charge in [0.25, 0.3) is 0 Å². The van der Waals surface area contributed by atoms with Crippen molar-refractivity contribution < 1.29 is 59.1 Å². The molecular formula is C14H14N2Na2+2. The zero-order valence-electron chi connectivity index (χ0n) is 10.9. The first-order chi connectivity index (χ1) is 7.74. The molecule has 2 aromatic rings. The number of rotatable bonds is 2. The maximum absolute atomic E-state index is 5.61. The zero-order chi connectivity index (χ0) is 11.4. The van der Waals surface area contributed by atoms with Gasteiger partial charge in [0.1, 0.15) is 0 Å². The Labute approximate surface area is 152 Å². The zero-order valence-corrected chi connectivity index (χ0v) is 14.9. The predicted molar refractivity (Wildman–Crippen MR) is 70.6 cm³/mol. The minimum absolute atomic E-state index is 0. The molecule has 0 aliphatic carbocycles. The average molecular weight is 256 g/mol. The van der Waals surface area contributed by atoms with Crippen LogP contribution in [0.4, 0.5) is 11.4 Å². The van der Waals surface area contributed by atoms with E-state index in [0.717, 1.165) is 22.5 Å². The smallest absolute Gasteiger partial charge is 0.399 e. The maximum atomic E-state index is 5.61. The van der Waals surface area contributed by atoms with Gasteiger partial charge in [0, 0.05) is 11.4 Å². The summed E-state index contributed by atoms with van der Waals surface area (Å²) >= 11 is 0. The van der Waals surface area contributed by atoms with Crippen LogP contribution in [0.3, 0.4) is 0 Å². The molecule has 0 saturated carbocycles. The van der Waals surface area contributed by atoms with E-state index < -0.39 is 0 Å². The van der Waals surface area contributed by atoms with Crippen molar-refractivity contribution in [2.75, 3.05) is 11.5 Å². The number of hydrogen-bond donors (Lipinski definition) is 2. The summed E-state index contributed by atoms with van der Waals surface area (Å²) in [5, 5.41) is 0. The molecular weight excluding hydrogens is 242 g/mol. The van der Waals surface area contributed by atoms with Gasteiger partial charge in [-0.3, -0.25) is 0 Å². The van der Waals surface area contributed by atoms with Gasteiger partial charge in [-0.05, 0) is 35.4 Å². The van der Waals surface area contributed by atoms with E-state index in [1.54, 1.807) is 0 Å². The van der Waals surface area contributed by atoms with Crippen LogP contribution in [0, 0.1) is 0 Å². The van der Waals surface area contributed by atoms with Crippen LogP contribution < -0.4 is 70.6 Å². The normalized spacial score (nSPS) is 9.56. The number of nitrogens with two attached hydrogens (primary N) is 2. The van der Waals surface area contributed by atoms with Crippen molar-refractivity contribution in [1.82, 2.24) is 0 Å². The van der Waals surface area contributed by atoms with E-state index in [0.29, 0.717) is 0 Å². The van der Waals surface area contributed by atoms with Crippen LogP contribution in [0.2, 0.25) is 0 Å².